The standard InChI is InChI=1S/C13H19BF2O3/c1-8-6-11(16)9(7-10(8)15)14(18)19-13(4,5)12(2,3)17/h6-7,17-18H,1-5H3. The van der Waals surface area contributed by atoms with E-state index >= 15 is 0 Å². The Morgan fingerprint density at radius 3 is 2.11 bits per heavy atom. The Kier molecular flexibility index (Phi) is 4.39. The molecule has 0 atom stereocenters. The largest absolute Gasteiger partial charge is 0.494 e. The molecule has 6 heteroatoms. The summed E-state index contributed by atoms with van der Waals surface area (Å²) in [5.41, 5.74) is -2.54. The zero-order valence-corrected chi connectivity index (χ0v) is 11.8. The maximum atomic E-state index is 13.7. The average Bonchev–Trinajstić information content (AvgIpc) is 2.20. The van der Waals surface area contributed by atoms with Gasteiger partial charge >= 0.3 is 7.12 Å². The van der Waals surface area contributed by atoms with Crippen LogP contribution in [0.3, 0.4) is 0 Å². The minimum Gasteiger partial charge on any atom is -0.423 e. The summed E-state index contributed by atoms with van der Waals surface area (Å²) >= 11 is 0. The van der Waals surface area contributed by atoms with E-state index < -0.39 is 30.0 Å². The first-order valence-electron chi connectivity index (χ1n) is 5.99. The second-order valence-electron chi connectivity index (χ2n) is 5.66. The second-order valence-corrected chi connectivity index (χ2v) is 5.66. The van der Waals surface area contributed by atoms with Gasteiger partial charge in [-0.25, -0.2) is 8.78 Å². The summed E-state index contributed by atoms with van der Waals surface area (Å²) in [5.74, 6) is -1.38. The molecule has 0 fully saturated rings. The zero-order chi connectivity index (χ0) is 15.0. The summed E-state index contributed by atoms with van der Waals surface area (Å²) in [6.45, 7) is 7.55. The van der Waals surface area contributed by atoms with E-state index in [9.17, 15) is 18.9 Å². The van der Waals surface area contributed by atoms with Gasteiger partial charge in [0.05, 0.1) is 11.2 Å². The quantitative estimate of drug-likeness (QED) is 0.817. The van der Waals surface area contributed by atoms with E-state index in [0.717, 1.165) is 12.1 Å². The van der Waals surface area contributed by atoms with Crippen LogP contribution < -0.4 is 5.46 Å². The molecule has 0 aliphatic heterocycles. The van der Waals surface area contributed by atoms with Crippen molar-refractivity contribution in [1.29, 1.82) is 0 Å². The molecule has 2 N–H and O–H groups in total. The molecule has 19 heavy (non-hydrogen) atoms. The third kappa shape index (κ3) is 3.52. The lowest BCUT2D eigenvalue weighted by Crippen LogP contribution is -2.53. The summed E-state index contributed by atoms with van der Waals surface area (Å²) in [6, 6.07) is 1.89. The fourth-order valence-electron chi connectivity index (χ4n) is 1.34. The van der Waals surface area contributed by atoms with Crippen LogP contribution in [0.5, 0.6) is 0 Å². The van der Waals surface area contributed by atoms with E-state index in [-0.39, 0.29) is 11.0 Å². The van der Waals surface area contributed by atoms with Crippen molar-refractivity contribution in [1.82, 2.24) is 0 Å². The Hall–Kier alpha value is -0.975. The molecule has 0 radical (unpaired) electrons. The molecule has 0 spiro atoms. The highest BCUT2D eigenvalue weighted by molar-refractivity contribution is 6.60. The molecule has 1 aromatic carbocycles. The Balaban J connectivity index is 3.03. The minimum atomic E-state index is -1.66. The predicted molar refractivity (Wildman–Crippen MR) is 70.2 cm³/mol. The van der Waals surface area contributed by atoms with Crippen LogP contribution in [0, 0.1) is 18.6 Å². The van der Waals surface area contributed by atoms with Crippen molar-refractivity contribution >= 4 is 12.6 Å². The zero-order valence-electron chi connectivity index (χ0n) is 11.8. The summed E-state index contributed by atoms with van der Waals surface area (Å²) in [4.78, 5) is 0. The van der Waals surface area contributed by atoms with Crippen LogP contribution in [0.4, 0.5) is 8.78 Å². The molecule has 0 aromatic heterocycles. The van der Waals surface area contributed by atoms with Gasteiger partial charge in [0, 0.05) is 5.46 Å². The van der Waals surface area contributed by atoms with Crippen molar-refractivity contribution in [2.45, 2.75) is 45.8 Å². The van der Waals surface area contributed by atoms with Crippen LogP contribution in [0.25, 0.3) is 0 Å². The van der Waals surface area contributed by atoms with Crippen LogP contribution in [-0.4, -0.2) is 28.5 Å². The number of halogens is 2. The van der Waals surface area contributed by atoms with Crippen molar-refractivity contribution < 1.29 is 23.6 Å². The third-order valence-corrected chi connectivity index (χ3v) is 3.42. The maximum Gasteiger partial charge on any atom is 0.494 e. The molecule has 0 bridgehead atoms. The van der Waals surface area contributed by atoms with E-state index in [4.69, 9.17) is 4.65 Å². The molecule has 0 aliphatic carbocycles. The molecule has 0 saturated carbocycles. The van der Waals surface area contributed by atoms with Gasteiger partial charge < -0.3 is 14.8 Å². The molecule has 0 saturated heterocycles. The summed E-state index contributed by atoms with van der Waals surface area (Å²) in [5, 5.41) is 19.8. The van der Waals surface area contributed by atoms with E-state index in [1.165, 1.54) is 20.8 Å². The highest BCUT2D eigenvalue weighted by Crippen LogP contribution is 2.25. The van der Waals surface area contributed by atoms with Crippen LogP contribution in [0.15, 0.2) is 12.1 Å². The van der Waals surface area contributed by atoms with Crippen LogP contribution in [-0.2, 0) is 4.65 Å². The number of aryl methyl sites for hydroxylation is 1. The Bertz CT molecular complexity index is 470. The van der Waals surface area contributed by atoms with Gasteiger partial charge in [0.15, 0.2) is 0 Å². The van der Waals surface area contributed by atoms with E-state index in [0.29, 0.717) is 0 Å². The minimum absolute atomic E-state index is 0.148. The molecular weight excluding hydrogens is 253 g/mol. The highest BCUT2D eigenvalue weighted by Gasteiger charge is 2.40. The fourth-order valence-corrected chi connectivity index (χ4v) is 1.34. The molecule has 106 valence electrons. The number of hydrogen-bond acceptors (Lipinski definition) is 3. The Morgan fingerprint density at radius 1 is 1.11 bits per heavy atom. The van der Waals surface area contributed by atoms with Gasteiger partial charge in [-0.15, -0.1) is 0 Å². The molecule has 0 unspecified atom stereocenters. The Labute approximate surface area is 112 Å². The van der Waals surface area contributed by atoms with E-state index in [1.807, 2.05) is 0 Å². The van der Waals surface area contributed by atoms with Crippen molar-refractivity contribution in [3.63, 3.8) is 0 Å². The van der Waals surface area contributed by atoms with Gasteiger partial charge in [0.25, 0.3) is 0 Å². The highest BCUT2D eigenvalue weighted by atomic mass is 19.1. The van der Waals surface area contributed by atoms with Crippen LogP contribution in [0.2, 0.25) is 0 Å². The number of rotatable bonds is 4. The average molecular weight is 272 g/mol. The summed E-state index contributed by atoms with van der Waals surface area (Å²) in [6.07, 6.45) is 0. The lowest BCUT2D eigenvalue weighted by Gasteiger charge is -2.38. The number of aliphatic hydroxyl groups is 1. The number of benzene rings is 1. The topological polar surface area (TPSA) is 49.7 Å². The molecule has 1 aromatic rings. The normalized spacial score (nSPS) is 12.7. The van der Waals surface area contributed by atoms with Gasteiger partial charge in [0.2, 0.25) is 0 Å². The SMILES string of the molecule is Cc1cc(F)c(B(O)OC(C)(C)C(C)(C)O)cc1F. The molecule has 3 nitrogen and oxygen atoms in total. The van der Waals surface area contributed by atoms with Gasteiger partial charge in [-0.2, -0.15) is 0 Å². The van der Waals surface area contributed by atoms with Crippen molar-refractivity contribution in [2.75, 3.05) is 0 Å². The smallest absolute Gasteiger partial charge is 0.423 e. The van der Waals surface area contributed by atoms with E-state index in [2.05, 4.69) is 0 Å². The van der Waals surface area contributed by atoms with E-state index in [1.54, 1.807) is 13.8 Å². The van der Waals surface area contributed by atoms with Gasteiger partial charge in [-0.05, 0) is 52.3 Å². The van der Waals surface area contributed by atoms with Gasteiger partial charge in [0.1, 0.15) is 11.6 Å². The lowest BCUT2D eigenvalue weighted by molar-refractivity contribution is -0.0983. The summed E-state index contributed by atoms with van der Waals surface area (Å²) < 4.78 is 32.3. The van der Waals surface area contributed by atoms with Crippen molar-refractivity contribution in [2.24, 2.45) is 0 Å². The Morgan fingerprint density at radius 2 is 1.63 bits per heavy atom. The second kappa shape index (κ2) is 5.19. The predicted octanol–water partition coefficient (Wildman–Crippen LogP) is 1.53. The molecule has 0 amide bonds. The van der Waals surface area contributed by atoms with Crippen LogP contribution in [0.1, 0.15) is 33.3 Å². The van der Waals surface area contributed by atoms with Gasteiger partial charge in [-0.3, -0.25) is 0 Å². The summed E-state index contributed by atoms with van der Waals surface area (Å²) in [7, 11) is -1.66. The first-order chi connectivity index (χ1) is 8.45. The van der Waals surface area contributed by atoms with Crippen molar-refractivity contribution in [3.8, 4) is 0 Å². The number of hydrogen-bond donors (Lipinski definition) is 2. The molecule has 1 rings (SSSR count). The first kappa shape index (κ1) is 16.1. The van der Waals surface area contributed by atoms with Crippen LogP contribution >= 0.6 is 0 Å². The fraction of sp³-hybridized carbons (Fsp3) is 0.538. The van der Waals surface area contributed by atoms with Gasteiger partial charge in [-0.1, -0.05) is 0 Å². The molecule has 0 aliphatic rings. The third-order valence-electron chi connectivity index (χ3n) is 3.42. The monoisotopic (exact) mass is 272 g/mol. The first-order valence-corrected chi connectivity index (χ1v) is 5.99. The molecular formula is C13H19BF2O3. The lowest BCUT2D eigenvalue weighted by atomic mass is 9.76. The van der Waals surface area contributed by atoms with Crippen molar-refractivity contribution in [3.05, 3.63) is 29.3 Å². The molecule has 0 heterocycles. The maximum absolute atomic E-state index is 13.7.